The van der Waals surface area contributed by atoms with Crippen molar-refractivity contribution in [1.29, 1.82) is 0 Å². The molecule has 2 nitrogen and oxygen atoms in total. The Kier molecular flexibility index (Phi) is 0.953. The first-order valence-electron chi connectivity index (χ1n) is 1.86. The molecule has 0 radical (unpaired) electrons. The third-order valence-corrected chi connectivity index (χ3v) is 1.50. The summed E-state index contributed by atoms with van der Waals surface area (Å²) in [5.41, 5.74) is 0.523. The third kappa shape index (κ3) is 0.875. The minimum Gasteiger partial charge on any atom is -0.505 e. The summed E-state index contributed by atoms with van der Waals surface area (Å²) in [6.07, 6.45) is 0. The van der Waals surface area contributed by atoms with Gasteiger partial charge < -0.3 is 10.2 Å². The van der Waals surface area contributed by atoms with Gasteiger partial charge in [-0.1, -0.05) is 8.19 Å². The van der Waals surface area contributed by atoms with Crippen LogP contribution in [0.1, 0.15) is 0 Å². The van der Waals surface area contributed by atoms with Gasteiger partial charge in [0.05, 0.1) is 0 Å². The van der Waals surface area contributed by atoms with Crippen LogP contribution in [-0.4, -0.2) is 10.2 Å². The van der Waals surface area contributed by atoms with Gasteiger partial charge in [-0.15, -0.1) is 0 Å². The van der Waals surface area contributed by atoms with E-state index in [1.54, 1.807) is 0 Å². The smallest absolute Gasteiger partial charge is 0.134 e. The van der Waals surface area contributed by atoms with Crippen LogP contribution in [-0.2, 0) is 0 Å². The molecule has 0 aromatic carbocycles. The number of hydrogen-bond acceptors (Lipinski definition) is 2. The number of aromatic hydroxyl groups is 2. The minimum atomic E-state index is 0.0895. The standard InChI is InChI=1S/C4H5O2P/c5-3-1-2-4(6)7-3/h1-2,5-7H. The quantitative estimate of drug-likeness (QED) is 0.533. The van der Waals surface area contributed by atoms with Crippen molar-refractivity contribution in [1.82, 2.24) is 0 Å². The molecule has 1 aromatic rings. The van der Waals surface area contributed by atoms with E-state index in [2.05, 4.69) is 0 Å². The van der Waals surface area contributed by atoms with E-state index in [1.807, 2.05) is 0 Å². The molecule has 1 heterocycles. The fourth-order valence-electron chi connectivity index (χ4n) is 0.372. The molecule has 0 fully saturated rings. The lowest BCUT2D eigenvalue weighted by Crippen LogP contribution is -1.35. The highest BCUT2D eigenvalue weighted by Gasteiger charge is 1.88. The van der Waals surface area contributed by atoms with Crippen LogP contribution in [0.5, 0.6) is 11.0 Å². The highest BCUT2D eigenvalue weighted by atomic mass is 31.0. The summed E-state index contributed by atoms with van der Waals surface area (Å²) in [7, 11) is 0.0895. The van der Waals surface area contributed by atoms with Gasteiger partial charge in [-0.25, -0.2) is 0 Å². The second kappa shape index (κ2) is 1.47. The average molecular weight is 116 g/mol. The van der Waals surface area contributed by atoms with Crippen LogP contribution in [0.4, 0.5) is 0 Å². The first kappa shape index (κ1) is 4.54. The van der Waals surface area contributed by atoms with Gasteiger partial charge in [-0.3, -0.25) is 0 Å². The zero-order valence-electron chi connectivity index (χ0n) is 3.55. The first-order valence-corrected chi connectivity index (χ1v) is 2.86. The topological polar surface area (TPSA) is 40.5 Å². The molecule has 0 unspecified atom stereocenters. The Morgan fingerprint density at radius 2 is 1.57 bits per heavy atom. The highest BCUT2D eigenvalue weighted by Crippen LogP contribution is 2.33. The molecular formula is C4H5O2P. The van der Waals surface area contributed by atoms with Crippen LogP contribution in [0.15, 0.2) is 12.1 Å². The number of hydrogen-bond donors (Lipinski definition) is 2. The predicted octanol–water partition coefficient (Wildman–Crippen LogP) is 1.13. The van der Waals surface area contributed by atoms with Gasteiger partial charge in [0.1, 0.15) is 11.0 Å². The summed E-state index contributed by atoms with van der Waals surface area (Å²) >= 11 is 0. The summed E-state index contributed by atoms with van der Waals surface area (Å²) in [6, 6.07) is 2.99. The largest absolute Gasteiger partial charge is 0.505 e. The van der Waals surface area contributed by atoms with E-state index in [9.17, 15) is 0 Å². The summed E-state index contributed by atoms with van der Waals surface area (Å²) in [5.74, 6) is 0. The van der Waals surface area contributed by atoms with Gasteiger partial charge in [-0.05, 0) is 12.1 Å². The van der Waals surface area contributed by atoms with Crippen molar-refractivity contribution in [3.63, 3.8) is 0 Å². The van der Waals surface area contributed by atoms with Crippen molar-refractivity contribution < 1.29 is 10.2 Å². The Morgan fingerprint density at radius 3 is 1.71 bits per heavy atom. The van der Waals surface area contributed by atoms with E-state index >= 15 is 0 Å². The Balaban J connectivity index is 3.04. The van der Waals surface area contributed by atoms with Crippen LogP contribution in [0, 0.1) is 0 Å². The third-order valence-electron chi connectivity index (χ3n) is 0.655. The van der Waals surface area contributed by atoms with Crippen molar-refractivity contribution in [3.05, 3.63) is 12.1 Å². The SMILES string of the molecule is Oc1ccc(O)[pH]1. The maximum atomic E-state index is 8.56. The van der Waals surface area contributed by atoms with Crippen LogP contribution in [0.3, 0.4) is 0 Å². The van der Waals surface area contributed by atoms with E-state index in [1.165, 1.54) is 12.1 Å². The lowest BCUT2D eigenvalue weighted by molar-refractivity contribution is 0.489. The number of rotatable bonds is 0. The maximum absolute atomic E-state index is 8.56. The molecule has 0 aliphatic heterocycles. The molecule has 38 valence electrons. The second-order valence-corrected chi connectivity index (χ2v) is 2.50. The molecule has 0 spiro atoms. The molecule has 7 heavy (non-hydrogen) atoms. The molecule has 0 saturated heterocycles. The average Bonchev–Trinajstić information content (AvgIpc) is 1.87. The lowest BCUT2D eigenvalue weighted by Gasteiger charge is -1.73. The maximum Gasteiger partial charge on any atom is 0.134 e. The van der Waals surface area contributed by atoms with Crippen LogP contribution < -0.4 is 0 Å². The molecule has 2 N–H and O–H groups in total. The Labute approximate surface area is 42.5 Å². The zero-order valence-corrected chi connectivity index (χ0v) is 4.55. The Morgan fingerprint density at radius 1 is 1.14 bits per heavy atom. The summed E-state index contributed by atoms with van der Waals surface area (Å²) in [5, 5.41) is 17.1. The predicted molar refractivity (Wildman–Crippen MR) is 29.3 cm³/mol. The fourth-order valence-corrected chi connectivity index (χ4v) is 0.968. The van der Waals surface area contributed by atoms with Crippen molar-refractivity contribution in [3.8, 4) is 11.0 Å². The monoisotopic (exact) mass is 116 g/mol. The molecule has 1 rings (SSSR count). The molecule has 0 bridgehead atoms. The molecule has 1 aromatic heterocycles. The van der Waals surface area contributed by atoms with E-state index < -0.39 is 0 Å². The molecule has 0 aliphatic carbocycles. The van der Waals surface area contributed by atoms with Crippen molar-refractivity contribution in [2.45, 2.75) is 0 Å². The van der Waals surface area contributed by atoms with Gasteiger partial charge in [0.25, 0.3) is 0 Å². The molecule has 0 amide bonds. The van der Waals surface area contributed by atoms with E-state index in [-0.39, 0.29) is 19.2 Å². The summed E-state index contributed by atoms with van der Waals surface area (Å²) < 4.78 is 0. The van der Waals surface area contributed by atoms with Gasteiger partial charge >= 0.3 is 0 Å². The van der Waals surface area contributed by atoms with E-state index in [4.69, 9.17) is 10.2 Å². The van der Waals surface area contributed by atoms with Gasteiger partial charge in [-0.2, -0.15) is 0 Å². The zero-order chi connectivity index (χ0) is 5.28. The van der Waals surface area contributed by atoms with E-state index in [0.29, 0.717) is 0 Å². The van der Waals surface area contributed by atoms with Crippen molar-refractivity contribution in [2.24, 2.45) is 0 Å². The normalized spacial score (nSPS) is 9.14. The van der Waals surface area contributed by atoms with Gasteiger partial charge in [0.2, 0.25) is 0 Å². The van der Waals surface area contributed by atoms with Crippen LogP contribution >= 0.6 is 8.19 Å². The summed E-state index contributed by atoms with van der Waals surface area (Å²) in [6.45, 7) is 0. The van der Waals surface area contributed by atoms with Gasteiger partial charge in [0, 0.05) is 0 Å². The highest BCUT2D eigenvalue weighted by molar-refractivity contribution is 7.35. The Hall–Kier alpha value is -0.620. The molecule has 0 saturated carbocycles. The van der Waals surface area contributed by atoms with E-state index in [0.717, 1.165) is 0 Å². The Bertz CT molecular complexity index is 142. The minimum absolute atomic E-state index is 0.0895. The fraction of sp³-hybridized carbons (Fsp3) is 0. The molecule has 3 heteroatoms. The first-order chi connectivity index (χ1) is 3.29. The summed E-state index contributed by atoms with van der Waals surface area (Å²) in [4.78, 5) is 0. The van der Waals surface area contributed by atoms with Crippen molar-refractivity contribution in [2.75, 3.05) is 0 Å². The van der Waals surface area contributed by atoms with Crippen molar-refractivity contribution >= 4 is 8.19 Å². The molecule has 0 atom stereocenters. The molecular weight excluding hydrogens is 111 g/mol. The lowest BCUT2D eigenvalue weighted by atomic mass is 10.6. The van der Waals surface area contributed by atoms with Crippen LogP contribution in [0.2, 0.25) is 0 Å². The van der Waals surface area contributed by atoms with Gasteiger partial charge in [0.15, 0.2) is 0 Å². The second-order valence-electron chi connectivity index (χ2n) is 1.23. The molecule has 0 aliphatic rings. The van der Waals surface area contributed by atoms with Crippen LogP contribution in [0.25, 0.3) is 0 Å².